The Labute approximate surface area is 154 Å². The summed E-state index contributed by atoms with van der Waals surface area (Å²) in [5.41, 5.74) is 0.0929. The van der Waals surface area contributed by atoms with Crippen molar-refractivity contribution in [2.75, 3.05) is 41.3 Å². The SMILES string of the molecule is Fc1ccc(Nc2nncc(N3CCN(c4ccccn4)CC3)n2)c(F)c1. The maximum Gasteiger partial charge on any atom is 0.249 e. The molecular formula is C18H17F2N7. The molecule has 7 nitrogen and oxygen atoms in total. The third kappa shape index (κ3) is 3.91. The normalized spacial score (nSPS) is 14.3. The first kappa shape index (κ1) is 17.1. The highest BCUT2D eigenvalue weighted by Crippen LogP contribution is 2.21. The maximum absolute atomic E-state index is 13.8. The highest BCUT2D eigenvalue weighted by Gasteiger charge is 2.20. The third-order valence-corrected chi connectivity index (χ3v) is 4.30. The van der Waals surface area contributed by atoms with Crippen molar-refractivity contribution in [3.05, 3.63) is 60.4 Å². The lowest BCUT2D eigenvalue weighted by Gasteiger charge is -2.35. The Balaban J connectivity index is 1.44. The molecule has 0 radical (unpaired) electrons. The smallest absolute Gasteiger partial charge is 0.249 e. The standard InChI is InChI=1S/C18H17F2N7/c19-13-4-5-15(14(20)11-13)23-18-24-17(12-22-25-18)27-9-7-26(8-10-27)16-3-1-2-6-21-16/h1-6,11-12H,7-10H2,(H,23,24,25). The van der Waals surface area contributed by atoms with Crippen LogP contribution in [0.3, 0.4) is 0 Å². The summed E-state index contributed by atoms with van der Waals surface area (Å²) >= 11 is 0. The molecule has 1 aliphatic rings. The second-order valence-electron chi connectivity index (χ2n) is 6.05. The average molecular weight is 369 g/mol. The Bertz CT molecular complexity index is 915. The van der Waals surface area contributed by atoms with Crippen molar-refractivity contribution >= 4 is 23.3 Å². The van der Waals surface area contributed by atoms with Gasteiger partial charge >= 0.3 is 0 Å². The molecular weight excluding hydrogens is 352 g/mol. The van der Waals surface area contributed by atoms with Gasteiger partial charge in [-0.3, -0.25) is 0 Å². The number of benzene rings is 1. The number of rotatable bonds is 4. The van der Waals surface area contributed by atoms with Crippen LogP contribution in [0, 0.1) is 11.6 Å². The Hall–Kier alpha value is -3.36. The van der Waals surface area contributed by atoms with E-state index in [2.05, 4.69) is 35.3 Å². The molecule has 4 rings (SSSR count). The van der Waals surface area contributed by atoms with Crippen molar-refractivity contribution < 1.29 is 8.78 Å². The van der Waals surface area contributed by atoms with Crippen LogP contribution in [-0.2, 0) is 0 Å². The Morgan fingerprint density at radius 3 is 2.41 bits per heavy atom. The molecule has 1 fully saturated rings. The van der Waals surface area contributed by atoms with E-state index in [-0.39, 0.29) is 11.6 Å². The number of nitrogens with one attached hydrogen (secondary N) is 1. The van der Waals surface area contributed by atoms with Gasteiger partial charge in [0.2, 0.25) is 5.95 Å². The summed E-state index contributed by atoms with van der Waals surface area (Å²) in [6, 6.07) is 9.11. The van der Waals surface area contributed by atoms with Gasteiger partial charge < -0.3 is 15.1 Å². The first-order valence-corrected chi connectivity index (χ1v) is 8.52. The first-order valence-electron chi connectivity index (χ1n) is 8.52. The van der Waals surface area contributed by atoms with Crippen LogP contribution in [-0.4, -0.2) is 46.3 Å². The predicted molar refractivity (Wildman–Crippen MR) is 98.1 cm³/mol. The predicted octanol–water partition coefficient (Wildman–Crippen LogP) is 2.62. The monoisotopic (exact) mass is 369 g/mol. The van der Waals surface area contributed by atoms with E-state index in [4.69, 9.17) is 0 Å². The van der Waals surface area contributed by atoms with Crippen molar-refractivity contribution in [3.63, 3.8) is 0 Å². The number of nitrogens with zero attached hydrogens (tertiary/aromatic N) is 6. The molecule has 9 heteroatoms. The van der Waals surface area contributed by atoms with Crippen LogP contribution in [0.15, 0.2) is 48.8 Å². The van der Waals surface area contributed by atoms with Gasteiger partial charge in [0.15, 0.2) is 5.82 Å². The van der Waals surface area contributed by atoms with E-state index in [1.165, 1.54) is 12.1 Å². The summed E-state index contributed by atoms with van der Waals surface area (Å²) in [7, 11) is 0. The van der Waals surface area contributed by atoms with Gasteiger partial charge in [0.25, 0.3) is 0 Å². The first-order chi connectivity index (χ1) is 13.2. The zero-order valence-electron chi connectivity index (χ0n) is 14.4. The van der Waals surface area contributed by atoms with Crippen LogP contribution in [0.1, 0.15) is 0 Å². The number of aromatic nitrogens is 4. The Kier molecular flexibility index (Phi) is 4.73. The second kappa shape index (κ2) is 7.48. The van der Waals surface area contributed by atoms with Gasteiger partial charge in [-0.05, 0) is 24.3 Å². The number of halogens is 2. The van der Waals surface area contributed by atoms with Crippen LogP contribution in [0.5, 0.6) is 0 Å². The van der Waals surface area contributed by atoms with Gasteiger partial charge in [-0.2, -0.15) is 10.1 Å². The van der Waals surface area contributed by atoms with Crippen molar-refractivity contribution in [3.8, 4) is 0 Å². The molecule has 3 heterocycles. The number of pyridine rings is 1. The highest BCUT2D eigenvalue weighted by molar-refractivity contribution is 5.55. The van der Waals surface area contributed by atoms with Crippen LogP contribution in [0.25, 0.3) is 0 Å². The molecule has 1 saturated heterocycles. The van der Waals surface area contributed by atoms with Crippen LogP contribution < -0.4 is 15.1 Å². The van der Waals surface area contributed by atoms with Crippen molar-refractivity contribution in [1.29, 1.82) is 0 Å². The van der Waals surface area contributed by atoms with Gasteiger partial charge in [-0.25, -0.2) is 13.8 Å². The fourth-order valence-corrected chi connectivity index (χ4v) is 2.92. The fraction of sp³-hybridized carbons (Fsp3) is 0.222. The van der Waals surface area contributed by atoms with Gasteiger partial charge in [0.05, 0.1) is 11.9 Å². The van der Waals surface area contributed by atoms with Gasteiger partial charge in [-0.1, -0.05) is 6.07 Å². The third-order valence-electron chi connectivity index (χ3n) is 4.30. The summed E-state index contributed by atoms with van der Waals surface area (Å²) in [6.45, 7) is 3.10. The molecule has 1 N–H and O–H groups in total. The molecule has 0 aliphatic carbocycles. The molecule has 3 aromatic rings. The second-order valence-corrected chi connectivity index (χ2v) is 6.05. The Morgan fingerprint density at radius 2 is 1.70 bits per heavy atom. The number of hydrogen-bond donors (Lipinski definition) is 1. The van der Waals surface area contributed by atoms with Gasteiger partial charge in [0, 0.05) is 38.4 Å². The number of piperazine rings is 1. The molecule has 0 atom stereocenters. The maximum atomic E-state index is 13.8. The zero-order valence-corrected chi connectivity index (χ0v) is 14.4. The lowest BCUT2D eigenvalue weighted by atomic mass is 10.3. The molecule has 1 aromatic carbocycles. The summed E-state index contributed by atoms with van der Waals surface area (Å²) in [4.78, 5) is 13.1. The quantitative estimate of drug-likeness (QED) is 0.758. The van der Waals surface area contributed by atoms with Crippen molar-refractivity contribution in [2.24, 2.45) is 0 Å². The molecule has 0 spiro atoms. The molecule has 0 amide bonds. The van der Waals surface area contributed by atoms with Gasteiger partial charge in [0.1, 0.15) is 17.5 Å². The van der Waals surface area contributed by atoms with E-state index >= 15 is 0 Å². The largest absolute Gasteiger partial charge is 0.353 e. The summed E-state index contributed by atoms with van der Waals surface area (Å²) in [5, 5.41) is 10.6. The van der Waals surface area contributed by atoms with Crippen LogP contribution in [0.4, 0.5) is 32.1 Å². The van der Waals surface area contributed by atoms with E-state index in [1.807, 2.05) is 18.2 Å². The fourth-order valence-electron chi connectivity index (χ4n) is 2.92. The lowest BCUT2D eigenvalue weighted by Crippen LogP contribution is -2.47. The van der Waals surface area contributed by atoms with Gasteiger partial charge in [-0.15, -0.1) is 5.10 Å². The topological polar surface area (TPSA) is 70.1 Å². The lowest BCUT2D eigenvalue weighted by molar-refractivity contribution is 0.586. The number of anilines is 4. The summed E-state index contributed by atoms with van der Waals surface area (Å²) in [6.07, 6.45) is 3.35. The molecule has 27 heavy (non-hydrogen) atoms. The molecule has 138 valence electrons. The molecule has 0 saturated carbocycles. The average Bonchev–Trinajstić information content (AvgIpc) is 2.71. The number of hydrogen-bond acceptors (Lipinski definition) is 7. The van der Waals surface area contributed by atoms with Crippen molar-refractivity contribution in [2.45, 2.75) is 0 Å². The van der Waals surface area contributed by atoms with Crippen LogP contribution >= 0.6 is 0 Å². The van der Waals surface area contributed by atoms with E-state index < -0.39 is 11.6 Å². The minimum atomic E-state index is -0.715. The molecule has 0 bridgehead atoms. The summed E-state index contributed by atoms with van der Waals surface area (Å²) < 4.78 is 26.8. The minimum Gasteiger partial charge on any atom is -0.353 e. The summed E-state index contributed by atoms with van der Waals surface area (Å²) in [5.74, 6) is 0.401. The van der Waals surface area contributed by atoms with Crippen LogP contribution in [0.2, 0.25) is 0 Å². The molecule has 2 aromatic heterocycles. The molecule has 0 unspecified atom stereocenters. The van der Waals surface area contributed by atoms with Crippen molar-refractivity contribution in [1.82, 2.24) is 20.2 Å². The zero-order chi connectivity index (χ0) is 18.6. The van der Waals surface area contributed by atoms with E-state index in [0.717, 1.165) is 38.1 Å². The van der Waals surface area contributed by atoms with E-state index in [0.29, 0.717) is 5.82 Å². The highest BCUT2D eigenvalue weighted by atomic mass is 19.1. The Morgan fingerprint density at radius 1 is 0.926 bits per heavy atom. The molecule has 1 aliphatic heterocycles. The van der Waals surface area contributed by atoms with E-state index in [9.17, 15) is 8.78 Å². The van der Waals surface area contributed by atoms with E-state index in [1.54, 1.807) is 12.4 Å². The minimum absolute atomic E-state index is 0.0929.